The monoisotopic (exact) mass is 454 g/mol. The number of allylic oxidation sites excluding steroid dienone is 4. The Labute approximate surface area is 206 Å². The fourth-order valence-corrected chi connectivity index (χ4v) is 4.59. The van der Waals surface area contributed by atoms with Gasteiger partial charge in [0.1, 0.15) is 0 Å². The van der Waals surface area contributed by atoms with Gasteiger partial charge in [0.15, 0.2) is 11.6 Å². The topological polar surface area (TPSA) is 34.1 Å². The van der Waals surface area contributed by atoms with Gasteiger partial charge in [-0.25, -0.2) is 0 Å². The van der Waals surface area contributed by atoms with Gasteiger partial charge in [-0.3, -0.25) is 9.59 Å². The third-order valence-electron chi connectivity index (χ3n) is 6.50. The van der Waals surface area contributed by atoms with Crippen LogP contribution in [0.3, 0.4) is 0 Å². The van der Waals surface area contributed by atoms with E-state index in [1.165, 1.54) is 0 Å². The fourth-order valence-electron chi connectivity index (χ4n) is 4.59. The molecule has 1 aliphatic rings. The first-order valence-corrected chi connectivity index (χ1v) is 11.9. The fraction of sp³-hybridized carbons (Fsp3) is 0.0909. The minimum atomic E-state index is 0.0517. The first kappa shape index (κ1) is 22.5. The Kier molecular flexibility index (Phi) is 6.36. The average Bonchev–Trinajstić information content (AvgIpc) is 3.24. The predicted molar refractivity (Wildman–Crippen MR) is 142 cm³/mol. The second-order valence-electron chi connectivity index (χ2n) is 8.92. The lowest BCUT2D eigenvalue weighted by atomic mass is 9.90. The van der Waals surface area contributed by atoms with Crippen molar-refractivity contribution >= 4 is 22.7 Å². The molecule has 0 aromatic heterocycles. The summed E-state index contributed by atoms with van der Waals surface area (Å²) in [5, 5.41) is 0. The molecule has 0 unspecified atom stereocenters. The van der Waals surface area contributed by atoms with Crippen molar-refractivity contribution in [3.8, 4) is 0 Å². The van der Waals surface area contributed by atoms with Crippen LogP contribution in [0.15, 0.2) is 121 Å². The van der Waals surface area contributed by atoms with E-state index in [0.29, 0.717) is 12.0 Å². The summed E-state index contributed by atoms with van der Waals surface area (Å²) in [4.78, 5) is 26.7. The van der Waals surface area contributed by atoms with Crippen LogP contribution in [0.1, 0.15) is 49.4 Å². The van der Waals surface area contributed by atoms with Crippen molar-refractivity contribution in [2.24, 2.45) is 0 Å². The highest BCUT2D eigenvalue weighted by molar-refractivity contribution is 6.18. The molecule has 0 saturated heterocycles. The zero-order valence-corrected chi connectivity index (χ0v) is 19.7. The number of fused-ring (bicyclic) bond motifs is 1. The van der Waals surface area contributed by atoms with E-state index in [0.717, 1.165) is 44.5 Å². The molecule has 0 spiro atoms. The molecule has 35 heavy (non-hydrogen) atoms. The van der Waals surface area contributed by atoms with Gasteiger partial charge in [0.25, 0.3) is 0 Å². The molecule has 0 aliphatic heterocycles. The number of hydrogen-bond donors (Lipinski definition) is 0. The SMILES string of the molecule is Cc1ccc(/C(=C/C(=C2/Cc3ccccc3C2=O)c2ccccc2)CC(=O)c2ccccc2)cc1. The summed E-state index contributed by atoms with van der Waals surface area (Å²) in [5.41, 5.74) is 8.16. The standard InChI is InChI=1S/C33H26O2/c1-23-16-18-24(19-17-23)28(22-32(34)26-12-6-3-7-13-26)21-30(25-10-4-2-5-11-25)31-20-27-14-8-9-15-29(27)33(31)35/h2-19,21H,20,22H2,1H3/b28-21+,31-30+. The summed E-state index contributed by atoms with van der Waals surface area (Å²) in [5.74, 6) is 0.115. The van der Waals surface area contributed by atoms with Crippen LogP contribution in [0.5, 0.6) is 0 Å². The molecule has 0 amide bonds. The maximum absolute atomic E-state index is 13.5. The van der Waals surface area contributed by atoms with Crippen molar-refractivity contribution in [3.63, 3.8) is 0 Å². The Morgan fingerprint density at radius 3 is 1.97 bits per heavy atom. The molecule has 0 fully saturated rings. The number of ketones is 2. The van der Waals surface area contributed by atoms with Crippen molar-refractivity contribution in [1.29, 1.82) is 0 Å². The molecule has 5 rings (SSSR count). The van der Waals surface area contributed by atoms with E-state index >= 15 is 0 Å². The molecule has 170 valence electrons. The highest BCUT2D eigenvalue weighted by Crippen LogP contribution is 2.35. The highest BCUT2D eigenvalue weighted by Gasteiger charge is 2.27. The van der Waals surface area contributed by atoms with Crippen molar-refractivity contribution in [2.75, 3.05) is 0 Å². The van der Waals surface area contributed by atoms with Crippen molar-refractivity contribution in [3.05, 3.63) is 154 Å². The molecule has 0 heterocycles. The molecule has 0 saturated carbocycles. The van der Waals surface area contributed by atoms with E-state index in [2.05, 4.69) is 30.3 Å². The number of Topliss-reactive ketones (excluding diaryl/α,β-unsaturated/α-hetero) is 2. The quantitative estimate of drug-likeness (QED) is 0.223. The number of rotatable bonds is 6. The largest absolute Gasteiger partial charge is 0.294 e. The minimum absolute atomic E-state index is 0.0517. The van der Waals surface area contributed by atoms with Crippen molar-refractivity contribution in [2.45, 2.75) is 19.8 Å². The maximum Gasteiger partial charge on any atom is 0.190 e. The molecule has 0 bridgehead atoms. The van der Waals surface area contributed by atoms with Crippen molar-refractivity contribution in [1.82, 2.24) is 0 Å². The smallest absolute Gasteiger partial charge is 0.190 e. The summed E-state index contributed by atoms with van der Waals surface area (Å²) in [6, 6.07) is 35.4. The van der Waals surface area contributed by atoms with Crippen LogP contribution in [0, 0.1) is 6.92 Å². The van der Waals surface area contributed by atoms with E-state index in [-0.39, 0.29) is 18.0 Å². The Balaban J connectivity index is 1.66. The molecular formula is C33H26O2. The van der Waals surface area contributed by atoms with Gasteiger partial charge in [-0.15, -0.1) is 0 Å². The molecule has 0 N–H and O–H groups in total. The molecule has 4 aromatic rings. The summed E-state index contributed by atoms with van der Waals surface area (Å²) in [7, 11) is 0. The molecule has 1 aliphatic carbocycles. The molecule has 4 aromatic carbocycles. The number of benzene rings is 4. The van der Waals surface area contributed by atoms with Gasteiger partial charge in [0, 0.05) is 29.5 Å². The van der Waals surface area contributed by atoms with Crippen molar-refractivity contribution < 1.29 is 9.59 Å². The van der Waals surface area contributed by atoms with Crippen LogP contribution < -0.4 is 0 Å². The summed E-state index contributed by atoms with van der Waals surface area (Å²) in [6.07, 6.45) is 2.89. The van der Waals surface area contributed by atoms with Gasteiger partial charge in [0.05, 0.1) is 0 Å². The van der Waals surface area contributed by atoms with Crippen LogP contribution in [0.25, 0.3) is 11.1 Å². The summed E-state index contributed by atoms with van der Waals surface area (Å²) < 4.78 is 0. The lowest BCUT2D eigenvalue weighted by Crippen LogP contribution is -2.03. The van der Waals surface area contributed by atoms with Crippen LogP contribution >= 0.6 is 0 Å². The first-order chi connectivity index (χ1) is 17.1. The maximum atomic E-state index is 13.5. The number of hydrogen-bond acceptors (Lipinski definition) is 2. The Hall–Kier alpha value is -4.30. The predicted octanol–water partition coefficient (Wildman–Crippen LogP) is 7.54. The van der Waals surface area contributed by atoms with Gasteiger partial charge in [-0.1, -0.05) is 115 Å². The van der Waals surface area contributed by atoms with E-state index < -0.39 is 0 Å². The summed E-state index contributed by atoms with van der Waals surface area (Å²) in [6.45, 7) is 2.05. The molecular weight excluding hydrogens is 428 g/mol. The highest BCUT2D eigenvalue weighted by atomic mass is 16.1. The van der Waals surface area contributed by atoms with E-state index in [4.69, 9.17) is 0 Å². The third-order valence-corrected chi connectivity index (χ3v) is 6.50. The Morgan fingerprint density at radius 2 is 1.31 bits per heavy atom. The van der Waals surface area contributed by atoms with Crippen LogP contribution in [-0.4, -0.2) is 11.6 Å². The number of carbonyl (C=O) groups excluding carboxylic acids is 2. The summed E-state index contributed by atoms with van der Waals surface area (Å²) >= 11 is 0. The van der Waals surface area contributed by atoms with Gasteiger partial charge in [-0.05, 0) is 40.8 Å². The number of aryl methyl sites for hydroxylation is 1. The van der Waals surface area contributed by atoms with Crippen LogP contribution in [0.4, 0.5) is 0 Å². The first-order valence-electron chi connectivity index (χ1n) is 11.9. The third kappa shape index (κ3) is 4.83. The van der Waals surface area contributed by atoms with E-state index in [1.54, 1.807) is 0 Å². The Morgan fingerprint density at radius 1 is 0.714 bits per heavy atom. The number of carbonyl (C=O) groups is 2. The second kappa shape index (κ2) is 9.90. The lowest BCUT2D eigenvalue weighted by molar-refractivity contribution is 0.0997. The van der Waals surface area contributed by atoms with Gasteiger partial charge < -0.3 is 0 Å². The van der Waals surface area contributed by atoms with E-state index in [9.17, 15) is 9.59 Å². The van der Waals surface area contributed by atoms with Gasteiger partial charge in [-0.2, -0.15) is 0 Å². The van der Waals surface area contributed by atoms with Gasteiger partial charge in [0.2, 0.25) is 0 Å². The zero-order valence-electron chi connectivity index (χ0n) is 19.7. The van der Waals surface area contributed by atoms with Gasteiger partial charge >= 0.3 is 0 Å². The molecule has 0 atom stereocenters. The normalized spacial score (nSPS) is 14.5. The minimum Gasteiger partial charge on any atom is -0.294 e. The molecule has 2 heteroatoms. The molecule has 2 nitrogen and oxygen atoms in total. The van der Waals surface area contributed by atoms with E-state index in [1.807, 2.05) is 91.9 Å². The molecule has 0 radical (unpaired) electrons. The Bertz CT molecular complexity index is 1440. The van der Waals surface area contributed by atoms with Crippen LogP contribution in [0.2, 0.25) is 0 Å². The second-order valence-corrected chi connectivity index (χ2v) is 8.92. The van der Waals surface area contributed by atoms with Crippen LogP contribution in [-0.2, 0) is 6.42 Å². The lowest BCUT2D eigenvalue weighted by Gasteiger charge is -2.13. The zero-order chi connectivity index (χ0) is 24.2. The average molecular weight is 455 g/mol.